The number of nitriles is 1. The Labute approximate surface area is 124 Å². The highest BCUT2D eigenvalue weighted by molar-refractivity contribution is 7.89. The van der Waals surface area contributed by atoms with Gasteiger partial charge in [-0.3, -0.25) is 0 Å². The fourth-order valence-electron chi connectivity index (χ4n) is 1.77. The van der Waals surface area contributed by atoms with Crippen LogP contribution in [0, 0.1) is 17.2 Å². The number of aliphatic hydroxyl groups excluding tert-OH is 1. The first-order chi connectivity index (χ1) is 9.33. The van der Waals surface area contributed by atoms with Crippen LogP contribution in [0.3, 0.4) is 0 Å². The van der Waals surface area contributed by atoms with Crippen molar-refractivity contribution in [3.05, 3.63) is 28.8 Å². The topological polar surface area (TPSA) is 90.2 Å². The molecule has 0 fully saturated rings. The van der Waals surface area contributed by atoms with Crippen LogP contribution in [0.4, 0.5) is 0 Å². The van der Waals surface area contributed by atoms with E-state index in [1.165, 1.54) is 18.2 Å². The molecule has 5 nitrogen and oxygen atoms in total. The van der Waals surface area contributed by atoms with Gasteiger partial charge in [-0.15, -0.1) is 0 Å². The number of benzene rings is 1. The average Bonchev–Trinajstić information content (AvgIpc) is 2.37. The maximum atomic E-state index is 12.4. The molecule has 7 heteroatoms. The molecule has 0 spiro atoms. The first-order valence-corrected chi connectivity index (χ1v) is 8.01. The number of aliphatic hydroxyl groups is 1. The zero-order chi connectivity index (χ0) is 15.3. The smallest absolute Gasteiger partial charge is 0.242 e. The average molecular weight is 317 g/mol. The quantitative estimate of drug-likeness (QED) is 0.838. The summed E-state index contributed by atoms with van der Waals surface area (Å²) in [5.41, 5.74) is -0.0758. The summed E-state index contributed by atoms with van der Waals surface area (Å²) in [6.45, 7) is 3.59. The summed E-state index contributed by atoms with van der Waals surface area (Å²) >= 11 is 5.84. The Morgan fingerprint density at radius 2 is 2.10 bits per heavy atom. The standard InChI is InChI=1S/C13H17ClN2O3S/c1-9(2)12(6-7-17)16-20(18,19)13-5-3-4-11(14)10(13)8-15/h3-5,9,12,16-17H,6-7H2,1-2H3. The number of hydrogen-bond donors (Lipinski definition) is 2. The van der Waals surface area contributed by atoms with E-state index in [9.17, 15) is 8.42 Å². The minimum Gasteiger partial charge on any atom is -0.396 e. The lowest BCUT2D eigenvalue weighted by Crippen LogP contribution is -2.39. The largest absolute Gasteiger partial charge is 0.396 e. The third-order valence-electron chi connectivity index (χ3n) is 2.93. The Morgan fingerprint density at radius 1 is 1.45 bits per heavy atom. The number of sulfonamides is 1. The molecule has 1 atom stereocenters. The number of nitrogens with one attached hydrogen (secondary N) is 1. The van der Waals surface area contributed by atoms with Crippen LogP contribution in [0.2, 0.25) is 5.02 Å². The van der Waals surface area contributed by atoms with Crippen LogP contribution in [0.25, 0.3) is 0 Å². The van der Waals surface area contributed by atoms with E-state index < -0.39 is 16.1 Å². The first-order valence-electron chi connectivity index (χ1n) is 6.15. The predicted molar refractivity (Wildman–Crippen MR) is 76.8 cm³/mol. The second-order valence-electron chi connectivity index (χ2n) is 4.71. The summed E-state index contributed by atoms with van der Waals surface area (Å²) in [4.78, 5) is -0.143. The van der Waals surface area contributed by atoms with Crippen LogP contribution in [0.15, 0.2) is 23.1 Å². The summed E-state index contributed by atoms with van der Waals surface area (Å²) in [5.74, 6) is 0.0154. The van der Waals surface area contributed by atoms with Crippen molar-refractivity contribution in [3.8, 4) is 6.07 Å². The van der Waals surface area contributed by atoms with E-state index in [1.54, 1.807) is 6.07 Å². The summed E-state index contributed by atoms with van der Waals surface area (Å²) < 4.78 is 27.2. The molecule has 0 aromatic heterocycles. The monoisotopic (exact) mass is 316 g/mol. The van der Waals surface area contributed by atoms with Crippen LogP contribution in [-0.4, -0.2) is 26.2 Å². The zero-order valence-corrected chi connectivity index (χ0v) is 12.9. The minimum atomic E-state index is -3.86. The molecule has 1 unspecified atom stereocenters. The molecule has 0 aliphatic heterocycles. The number of hydrogen-bond acceptors (Lipinski definition) is 4. The van der Waals surface area contributed by atoms with Gasteiger partial charge >= 0.3 is 0 Å². The maximum Gasteiger partial charge on any atom is 0.242 e. The van der Waals surface area contributed by atoms with Crippen molar-refractivity contribution in [2.75, 3.05) is 6.61 Å². The molecule has 0 saturated carbocycles. The third-order valence-corrected chi connectivity index (χ3v) is 4.78. The lowest BCUT2D eigenvalue weighted by atomic mass is 10.0. The Kier molecular flexibility index (Phi) is 5.96. The van der Waals surface area contributed by atoms with Gasteiger partial charge in [-0.1, -0.05) is 31.5 Å². The van der Waals surface area contributed by atoms with E-state index in [2.05, 4.69) is 4.72 Å². The van der Waals surface area contributed by atoms with Gasteiger partial charge in [0.1, 0.15) is 11.0 Å². The van der Waals surface area contributed by atoms with Crippen LogP contribution in [0.5, 0.6) is 0 Å². The number of nitrogens with zero attached hydrogens (tertiary/aromatic N) is 1. The van der Waals surface area contributed by atoms with Gasteiger partial charge in [0, 0.05) is 12.6 Å². The highest BCUT2D eigenvalue weighted by Gasteiger charge is 2.25. The zero-order valence-electron chi connectivity index (χ0n) is 11.3. The molecule has 110 valence electrons. The Hall–Kier alpha value is -1.13. The fourth-order valence-corrected chi connectivity index (χ4v) is 3.64. The van der Waals surface area contributed by atoms with E-state index >= 15 is 0 Å². The summed E-state index contributed by atoms with van der Waals surface area (Å²) in [7, 11) is -3.86. The van der Waals surface area contributed by atoms with E-state index in [0.29, 0.717) is 6.42 Å². The van der Waals surface area contributed by atoms with Crippen LogP contribution < -0.4 is 4.72 Å². The second kappa shape index (κ2) is 7.04. The van der Waals surface area contributed by atoms with Gasteiger partial charge in [0.25, 0.3) is 0 Å². The SMILES string of the molecule is CC(C)C(CCO)NS(=O)(=O)c1cccc(Cl)c1C#N. The molecule has 0 amide bonds. The molecule has 0 aliphatic rings. The molecule has 0 saturated heterocycles. The molecule has 1 rings (SSSR count). The minimum absolute atomic E-state index is 0.0154. The van der Waals surface area contributed by atoms with Crippen molar-refractivity contribution < 1.29 is 13.5 Å². The summed E-state index contributed by atoms with van der Waals surface area (Å²) in [5, 5.41) is 18.1. The lowest BCUT2D eigenvalue weighted by Gasteiger charge is -2.21. The Balaban J connectivity index is 3.18. The molecule has 0 heterocycles. The van der Waals surface area contributed by atoms with Crippen molar-refractivity contribution >= 4 is 21.6 Å². The van der Waals surface area contributed by atoms with Gasteiger partial charge in [0.2, 0.25) is 10.0 Å². The molecular weight excluding hydrogens is 300 g/mol. The van der Waals surface area contributed by atoms with Gasteiger partial charge in [-0.25, -0.2) is 13.1 Å². The molecule has 0 aliphatic carbocycles. The number of halogens is 1. The second-order valence-corrected chi connectivity index (χ2v) is 6.80. The predicted octanol–water partition coefficient (Wildman–Crippen LogP) is 1.90. The van der Waals surface area contributed by atoms with Gasteiger partial charge < -0.3 is 5.11 Å². The molecule has 2 N–H and O–H groups in total. The lowest BCUT2D eigenvalue weighted by molar-refractivity contribution is 0.256. The van der Waals surface area contributed by atoms with E-state index in [0.717, 1.165) is 0 Å². The van der Waals surface area contributed by atoms with Crippen molar-refractivity contribution in [1.82, 2.24) is 4.72 Å². The molecule has 0 bridgehead atoms. The maximum absolute atomic E-state index is 12.4. The van der Waals surface area contributed by atoms with Crippen LogP contribution in [-0.2, 0) is 10.0 Å². The van der Waals surface area contributed by atoms with Crippen molar-refractivity contribution in [1.29, 1.82) is 5.26 Å². The van der Waals surface area contributed by atoms with E-state index in [1.807, 2.05) is 13.8 Å². The highest BCUT2D eigenvalue weighted by Crippen LogP contribution is 2.23. The summed E-state index contributed by atoms with van der Waals surface area (Å²) in [6, 6.07) is 5.68. The molecular formula is C13H17ClN2O3S. The Bertz CT molecular complexity index is 609. The number of rotatable bonds is 6. The van der Waals surface area contributed by atoms with E-state index in [-0.39, 0.29) is 28.0 Å². The summed E-state index contributed by atoms with van der Waals surface area (Å²) in [6.07, 6.45) is 0.305. The van der Waals surface area contributed by atoms with E-state index in [4.69, 9.17) is 22.0 Å². The highest BCUT2D eigenvalue weighted by atomic mass is 35.5. The van der Waals surface area contributed by atoms with Crippen molar-refractivity contribution in [2.45, 2.75) is 31.2 Å². The Morgan fingerprint density at radius 3 is 2.60 bits per heavy atom. The first kappa shape index (κ1) is 16.9. The van der Waals surface area contributed by atoms with Crippen LogP contribution in [0.1, 0.15) is 25.8 Å². The third kappa shape index (κ3) is 3.93. The normalized spacial score (nSPS) is 13.2. The van der Waals surface area contributed by atoms with Gasteiger partial charge in [0.15, 0.2) is 0 Å². The molecule has 1 aromatic carbocycles. The molecule has 0 radical (unpaired) electrons. The fraction of sp³-hybridized carbons (Fsp3) is 0.462. The van der Waals surface area contributed by atoms with Gasteiger partial charge in [-0.2, -0.15) is 5.26 Å². The van der Waals surface area contributed by atoms with Gasteiger partial charge in [-0.05, 0) is 24.5 Å². The molecule has 20 heavy (non-hydrogen) atoms. The van der Waals surface area contributed by atoms with Crippen molar-refractivity contribution in [2.24, 2.45) is 5.92 Å². The molecule has 1 aromatic rings. The van der Waals surface area contributed by atoms with Crippen molar-refractivity contribution in [3.63, 3.8) is 0 Å². The van der Waals surface area contributed by atoms with Gasteiger partial charge in [0.05, 0.1) is 10.6 Å². The van der Waals surface area contributed by atoms with Crippen LogP contribution >= 0.6 is 11.6 Å².